The lowest BCUT2D eigenvalue weighted by atomic mass is 9.93. The van der Waals surface area contributed by atoms with Gasteiger partial charge in [0.25, 0.3) is 0 Å². The van der Waals surface area contributed by atoms with Crippen molar-refractivity contribution >= 4 is 11.4 Å². The summed E-state index contributed by atoms with van der Waals surface area (Å²) >= 11 is 0. The molecule has 0 unspecified atom stereocenters. The number of phenolic OH excluding ortho intramolecular Hbond substituents is 4. The summed E-state index contributed by atoms with van der Waals surface area (Å²) in [7, 11) is 0. The van der Waals surface area contributed by atoms with Crippen LogP contribution < -0.4 is 5.32 Å². The molecule has 0 bridgehead atoms. The molecule has 0 aliphatic carbocycles. The van der Waals surface area contributed by atoms with Crippen molar-refractivity contribution in [2.45, 2.75) is 13.8 Å². The van der Waals surface area contributed by atoms with Crippen LogP contribution in [0.2, 0.25) is 0 Å². The van der Waals surface area contributed by atoms with Gasteiger partial charge in [-0.3, -0.25) is 0 Å². The summed E-state index contributed by atoms with van der Waals surface area (Å²) in [6, 6.07) is 31.1. The molecule has 0 radical (unpaired) electrons. The minimum absolute atomic E-state index is 0.0193. The molecule has 0 saturated carbocycles. The Hall–Kier alpha value is -4.90. The Balaban J connectivity index is 1.33. The Morgan fingerprint density at radius 2 is 0.784 bits per heavy atom. The predicted molar refractivity (Wildman–Crippen MR) is 149 cm³/mol. The van der Waals surface area contributed by atoms with Gasteiger partial charge in [-0.1, -0.05) is 60.7 Å². The van der Waals surface area contributed by atoms with Gasteiger partial charge >= 0.3 is 0 Å². The molecule has 5 aromatic carbocycles. The highest BCUT2D eigenvalue weighted by Crippen LogP contribution is 2.46. The first kappa shape index (κ1) is 23.8. The van der Waals surface area contributed by atoms with Crippen molar-refractivity contribution in [1.29, 1.82) is 0 Å². The molecule has 5 rings (SSSR count). The van der Waals surface area contributed by atoms with Crippen molar-refractivity contribution in [3.05, 3.63) is 108 Å². The van der Waals surface area contributed by atoms with E-state index in [1.54, 1.807) is 26.0 Å². The van der Waals surface area contributed by atoms with Crippen LogP contribution in [0.25, 0.3) is 33.4 Å². The smallest absolute Gasteiger partial charge is 0.166 e. The Bertz CT molecular complexity index is 1530. The van der Waals surface area contributed by atoms with E-state index in [1.165, 1.54) is 0 Å². The third-order valence-corrected chi connectivity index (χ3v) is 6.67. The second kappa shape index (κ2) is 9.63. The minimum Gasteiger partial charge on any atom is -0.508 e. The van der Waals surface area contributed by atoms with Gasteiger partial charge in [-0.05, 0) is 78.1 Å². The van der Waals surface area contributed by atoms with Gasteiger partial charge in [-0.25, -0.2) is 0 Å². The van der Waals surface area contributed by atoms with Crippen LogP contribution >= 0.6 is 0 Å². The number of phenols is 4. The quantitative estimate of drug-likeness (QED) is 0.128. The molecule has 5 nitrogen and oxygen atoms in total. The summed E-state index contributed by atoms with van der Waals surface area (Å²) in [5.74, 6) is -0.313. The zero-order valence-electron chi connectivity index (χ0n) is 20.5. The van der Waals surface area contributed by atoms with Crippen LogP contribution in [0.4, 0.5) is 11.4 Å². The molecule has 37 heavy (non-hydrogen) atoms. The van der Waals surface area contributed by atoms with E-state index in [0.717, 1.165) is 33.6 Å². The fraction of sp³-hybridized carbons (Fsp3) is 0.0625. The summed E-state index contributed by atoms with van der Waals surface area (Å²) in [5.41, 5.74) is 8.05. The maximum atomic E-state index is 10.5. The average Bonchev–Trinajstić information content (AvgIpc) is 2.93. The molecule has 0 fully saturated rings. The van der Waals surface area contributed by atoms with E-state index < -0.39 is 0 Å². The van der Waals surface area contributed by atoms with Crippen LogP contribution in [0, 0.1) is 13.8 Å². The van der Waals surface area contributed by atoms with Crippen molar-refractivity contribution in [3.8, 4) is 56.4 Å². The lowest BCUT2D eigenvalue weighted by Crippen LogP contribution is -1.90. The third-order valence-electron chi connectivity index (χ3n) is 6.67. The monoisotopic (exact) mass is 489 g/mol. The predicted octanol–water partition coefficient (Wildman–Crippen LogP) is 7.87. The Kier molecular flexibility index (Phi) is 6.20. The molecule has 0 aromatic heterocycles. The number of hydrogen-bond acceptors (Lipinski definition) is 5. The lowest BCUT2D eigenvalue weighted by Gasteiger charge is -2.15. The zero-order chi connectivity index (χ0) is 26.1. The van der Waals surface area contributed by atoms with E-state index in [1.807, 2.05) is 48.5 Å². The first-order valence-corrected chi connectivity index (χ1v) is 11.9. The molecule has 0 heterocycles. The maximum Gasteiger partial charge on any atom is 0.166 e. The van der Waals surface area contributed by atoms with Crippen molar-refractivity contribution in [1.82, 2.24) is 0 Å². The molecular weight excluding hydrogens is 462 g/mol. The van der Waals surface area contributed by atoms with Gasteiger partial charge in [0.1, 0.15) is 11.5 Å². The Morgan fingerprint density at radius 3 is 1.24 bits per heavy atom. The number of rotatable bonds is 5. The van der Waals surface area contributed by atoms with Gasteiger partial charge in [0.2, 0.25) is 0 Å². The van der Waals surface area contributed by atoms with E-state index in [4.69, 9.17) is 0 Å². The van der Waals surface area contributed by atoms with Crippen LogP contribution in [-0.2, 0) is 0 Å². The molecular formula is C32H27NO4. The van der Waals surface area contributed by atoms with Crippen molar-refractivity contribution < 1.29 is 20.4 Å². The van der Waals surface area contributed by atoms with Crippen molar-refractivity contribution in [2.24, 2.45) is 0 Å². The number of anilines is 2. The molecule has 5 N–H and O–H groups in total. The van der Waals surface area contributed by atoms with E-state index in [2.05, 4.69) is 41.7 Å². The highest BCUT2D eigenvalue weighted by atomic mass is 16.3. The van der Waals surface area contributed by atoms with Crippen LogP contribution in [0.5, 0.6) is 23.0 Å². The van der Waals surface area contributed by atoms with Crippen molar-refractivity contribution in [2.75, 3.05) is 5.32 Å². The summed E-state index contributed by atoms with van der Waals surface area (Å²) in [6.45, 7) is 3.29. The van der Waals surface area contributed by atoms with Crippen molar-refractivity contribution in [3.63, 3.8) is 0 Å². The second-order valence-electron chi connectivity index (χ2n) is 9.07. The zero-order valence-corrected chi connectivity index (χ0v) is 20.5. The number of nitrogens with one attached hydrogen (secondary N) is 1. The van der Waals surface area contributed by atoms with E-state index in [9.17, 15) is 20.4 Å². The van der Waals surface area contributed by atoms with Gasteiger partial charge in [0, 0.05) is 28.1 Å². The lowest BCUT2D eigenvalue weighted by molar-refractivity contribution is 0.392. The van der Waals surface area contributed by atoms with E-state index >= 15 is 0 Å². The molecule has 5 aromatic rings. The third kappa shape index (κ3) is 4.67. The average molecular weight is 490 g/mol. The largest absolute Gasteiger partial charge is 0.508 e. The fourth-order valence-corrected chi connectivity index (χ4v) is 4.48. The van der Waals surface area contributed by atoms with Crippen LogP contribution in [0.1, 0.15) is 11.1 Å². The summed E-state index contributed by atoms with van der Waals surface area (Å²) < 4.78 is 0. The number of aromatic hydroxyl groups is 4. The minimum atomic E-state index is -0.304. The van der Waals surface area contributed by atoms with Crippen LogP contribution in [0.15, 0.2) is 97.1 Å². The molecule has 0 atom stereocenters. The number of hydrogen-bond donors (Lipinski definition) is 5. The molecule has 0 aliphatic heterocycles. The highest BCUT2D eigenvalue weighted by Gasteiger charge is 2.19. The molecule has 5 heteroatoms. The standard InChI is InChI=1S/C32H27NO4/c1-19-29(32(37)31(36)20(2)30(19)35)25-9-7-23(8-10-25)21-3-5-22(6-4-21)24-11-13-26(14-12-24)33-27-15-17-28(34)18-16-27/h3-18,33-37H,1-2H3. The van der Waals surface area contributed by atoms with Gasteiger partial charge in [-0.2, -0.15) is 0 Å². The van der Waals surface area contributed by atoms with Gasteiger partial charge < -0.3 is 25.7 Å². The molecule has 0 aliphatic rings. The number of benzene rings is 5. The summed E-state index contributed by atoms with van der Waals surface area (Å²) in [5, 5.41) is 43.7. The molecule has 184 valence electrons. The normalized spacial score (nSPS) is 10.9. The van der Waals surface area contributed by atoms with Gasteiger partial charge in [0.05, 0.1) is 0 Å². The van der Waals surface area contributed by atoms with E-state index in [0.29, 0.717) is 16.7 Å². The highest BCUT2D eigenvalue weighted by molar-refractivity contribution is 5.82. The van der Waals surface area contributed by atoms with Gasteiger partial charge in [-0.15, -0.1) is 0 Å². The first-order chi connectivity index (χ1) is 17.8. The summed E-state index contributed by atoms with van der Waals surface area (Å²) in [6.07, 6.45) is 0. The molecule has 0 amide bonds. The topological polar surface area (TPSA) is 93.0 Å². The van der Waals surface area contributed by atoms with E-state index in [-0.39, 0.29) is 28.6 Å². The Labute approximate surface area is 215 Å². The fourth-order valence-electron chi connectivity index (χ4n) is 4.48. The Morgan fingerprint density at radius 1 is 0.405 bits per heavy atom. The SMILES string of the molecule is Cc1c(O)c(C)c(-c2ccc(-c3ccc(-c4ccc(Nc5ccc(O)cc5)cc4)cc3)cc2)c(O)c1O. The van der Waals surface area contributed by atoms with Crippen LogP contribution in [0.3, 0.4) is 0 Å². The van der Waals surface area contributed by atoms with Gasteiger partial charge in [0.15, 0.2) is 11.5 Å². The molecule has 0 saturated heterocycles. The second-order valence-corrected chi connectivity index (χ2v) is 9.07. The van der Waals surface area contributed by atoms with Crippen LogP contribution in [-0.4, -0.2) is 20.4 Å². The summed E-state index contributed by atoms with van der Waals surface area (Å²) in [4.78, 5) is 0. The maximum absolute atomic E-state index is 10.5. The first-order valence-electron chi connectivity index (χ1n) is 11.9. The molecule has 0 spiro atoms.